The van der Waals surface area contributed by atoms with Crippen molar-refractivity contribution in [2.45, 2.75) is 12.1 Å². The van der Waals surface area contributed by atoms with E-state index in [1.807, 2.05) is 12.1 Å². The van der Waals surface area contributed by atoms with Crippen molar-refractivity contribution in [1.29, 1.82) is 10.5 Å². The second-order valence-corrected chi connectivity index (χ2v) is 8.87. The van der Waals surface area contributed by atoms with Crippen LogP contribution in [0.2, 0.25) is 12.1 Å². The Labute approximate surface area is 64.0 Å². The molecule has 9 heavy (non-hydrogen) atoms. The molecule has 0 aromatic carbocycles. The first-order valence-electron chi connectivity index (χ1n) is 2.24. The van der Waals surface area contributed by atoms with Crippen LogP contribution >= 0.6 is 22.2 Å². The SMILES string of the molecule is N#CC[Si](Cl)(Cl)CC#N. The Balaban J connectivity index is 3.77. The summed E-state index contributed by atoms with van der Waals surface area (Å²) in [6.07, 6.45) is 0. The average Bonchev–Trinajstić information content (AvgIpc) is 1.64. The summed E-state index contributed by atoms with van der Waals surface area (Å²) < 4.78 is 0. The van der Waals surface area contributed by atoms with Crippen molar-refractivity contribution in [1.82, 2.24) is 0 Å². The van der Waals surface area contributed by atoms with Gasteiger partial charge in [0, 0.05) is 0 Å². The Kier molecular flexibility index (Phi) is 3.64. The highest BCUT2D eigenvalue weighted by molar-refractivity contribution is 7.45. The molecule has 0 radical (unpaired) electrons. The number of halogens is 2. The van der Waals surface area contributed by atoms with E-state index in [0.29, 0.717) is 0 Å². The predicted octanol–water partition coefficient (Wildman–Crippen LogP) is 1.95. The van der Waals surface area contributed by atoms with Gasteiger partial charge in [0.15, 0.2) is 0 Å². The van der Waals surface area contributed by atoms with Crippen LogP contribution in [0, 0.1) is 22.7 Å². The van der Waals surface area contributed by atoms with Gasteiger partial charge in [0.1, 0.15) is 0 Å². The lowest BCUT2D eigenvalue weighted by Crippen LogP contribution is -2.15. The number of hydrogen-bond acceptors (Lipinski definition) is 2. The molecule has 0 atom stereocenters. The van der Waals surface area contributed by atoms with E-state index in [-0.39, 0.29) is 12.1 Å². The second-order valence-electron chi connectivity index (χ2n) is 1.53. The summed E-state index contributed by atoms with van der Waals surface area (Å²) >= 11 is 11.2. The number of rotatable bonds is 2. The molecule has 0 N–H and O–H groups in total. The third-order valence-corrected chi connectivity index (χ3v) is 3.63. The standard InChI is InChI=1S/C4H4Cl2N2Si/c5-9(6,3-1-7)4-2-8/h3-4H2. The summed E-state index contributed by atoms with van der Waals surface area (Å²) in [5.41, 5.74) is 0. The molecular weight excluding hydrogens is 175 g/mol. The van der Waals surface area contributed by atoms with E-state index in [1.54, 1.807) is 0 Å². The van der Waals surface area contributed by atoms with E-state index in [2.05, 4.69) is 0 Å². The molecule has 0 rings (SSSR count). The summed E-state index contributed by atoms with van der Waals surface area (Å²) in [4.78, 5) is 0. The maximum absolute atomic E-state index is 8.13. The predicted molar refractivity (Wildman–Crippen MR) is 38.3 cm³/mol. The van der Waals surface area contributed by atoms with Crippen LogP contribution in [0.1, 0.15) is 0 Å². The quantitative estimate of drug-likeness (QED) is 0.480. The highest BCUT2D eigenvalue weighted by atomic mass is 35.7. The highest BCUT2D eigenvalue weighted by Crippen LogP contribution is 2.23. The van der Waals surface area contributed by atoms with Crippen molar-refractivity contribution < 1.29 is 0 Å². The molecule has 0 aliphatic carbocycles. The zero-order valence-corrected chi connectivity index (χ0v) is 7.08. The van der Waals surface area contributed by atoms with Gasteiger partial charge in [0.25, 0.3) is 6.69 Å². The van der Waals surface area contributed by atoms with Gasteiger partial charge in [0.05, 0.1) is 24.2 Å². The molecule has 0 unspecified atom stereocenters. The van der Waals surface area contributed by atoms with Gasteiger partial charge in [-0.2, -0.15) is 10.5 Å². The van der Waals surface area contributed by atoms with E-state index >= 15 is 0 Å². The van der Waals surface area contributed by atoms with Crippen molar-refractivity contribution in [3.05, 3.63) is 0 Å². The van der Waals surface area contributed by atoms with E-state index < -0.39 is 6.69 Å². The summed E-state index contributed by atoms with van der Waals surface area (Å²) in [5.74, 6) is 0. The molecule has 0 saturated heterocycles. The minimum atomic E-state index is -2.48. The molecule has 0 amide bonds. The smallest absolute Gasteiger partial charge is 0.199 e. The summed E-state index contributed by atoms with van der Waals surface area (Å²) in [6.45, 7) is -2.48. The van der Waals surface area contributed by atoms with Crippen LogP contribution in [0.3, 0.4) is 0 Å². The lowest BCUT2D eigenvalue weighted by atomic mass is 10.9. The minimum absolute atomic E-state index is 0.129. The number of hydrogen-bond donors (Lipinski definition) is 0. The molecule has 0 fully saturated rings. The Morgan fingerprint density at radius 1 is 1.11 bits per heavy atom. The average molecular weight is 179 g/mol. The first kappa shape index (κ1) is 8.78. The zero-order valence-electron chi connectivity index (χ0n) is 4.56. The van der Waals surface area contributed by atoms with Crippen LogP contribution in [0.5, 0.6) is 0 Å². The van der Waals surface area contributed by atoms with Gasteiger partial charge in [-0.15, -0.1) is 22.2 Å². The second kappa shape index (κ2) is 3.74. The van der Waals surface area contributed by atoms with Gasteiger partial charge >= 0.3 is 0 Å². The van der Waals surface area contributed by atoms with Crippen LogP contribution in [0.4, 0.5) is 0 Å². The molecule has 0 aliphatic heterocycles. The van der Waals surface area contributed by atoms with Gasteiger partial charge in [-0.05, 0) is 0 Å². The first-order valence-corrected chi connectivity index (χ1v) is 6.68. The van der Waals surface area contributed by atoms with Crippen molar-refractivity contribution in [3.63, 3.8) is 0 Å². The lowest BCUT2D eigenvalue weighted by Gasteiger charge is -2.04. The van der Waals surface area contributed by atoms with Crippen molar-refractivity contribution in [2.24, 2.45) is 0 Å². The van der Waals surface area contributed by atoms with Gasteiger partial charge in [0.2, 0.25) is 0 Å². The molecule has 48 valence electrons. The molecule has 0 aliphatic rings. The van der Waals surface area contributed by atoms with E-state index in [1.165, 1.54) is 0 Å². The monoisotopic (exact) mass is 178 g/mol. The van der Waals surface area contributed by atoms with Crippen LogP contribution in [0.15, 0.2) is 0 Å². The van der Waals surface area contributed by atoms with Gasteiger partial charge in [-0.25, -0.2) is 0 Å². The Bertz CT molecular complexity index is 148. The van der Waals surface area contributed by atoms with E-state index in [4.69, 9.17) is 32.7 Å². The summed E-state index contributed by atoms with van der Waals surface area (Å²) in [6, 6.07) is 3.94. The maximum Gasteiger partial charge on any atom is 0.278 e. The van der Waals surface area contributed by atoms with Crippen molar-refractivity contribution in [2.75, 3.05) is 0 Å². The Hall–Kier alpha value is -0.223. The van der Waals surface area contributed by atoms with Crippen LogP contribution in [-0.2, 0) is 0 Å². The van der Waals surface area contributed by atoms with E-state index in [9.17, 15) is 0 Å². The fourth-order valence-corrected chi connectivity index (χ4v) is 1.60. The van der Waals surface area contributed by atoms with Gasteiger partial charge in [-0.1, -0.05) is 0 Å². The summed E-state index contributed by atoms with van der Waals surface area (Å²) in [7, 11) is 0. The third-order valence-electron chi connectivity index (χ3n) is 0.675. The molecule has 0 aromatic heterocycles. The lowest BCUT2D eigenvalue weighted by molar-refractivity contribution is 1.43. The van der Waals surface area contributed by atoms with Gasteiger partial charge < -0.3 is 0 Å². The fraction of sp³-hybridized carbons (Fsp3) is 0.500. The third kappa shape index (κ3) is 4.29. The van der Waals surface area contributed by atoms with Crippen molar-refractivity contribution >= 4 is 28.9 Å². The van der Waals surface area contributed by atoms with Crippen molar-refractivity contribution in [3.8, 4) is 12.1 Å². The Morgan fingerprint density at radius 2 is 1.44 bits per heavy atom. The molecule has 5 heteroatoms. The van der Waals surface area contributed by atoms with Crippen LogP contribution in [-0.4, -0.2) is 6.69 Å². The number of nitrogens with zero attached hydrogens (tertiary/aromatic N) is 2. The zero-order chi connectivity index (χ0) is 7.33. The first-order chi connectivity index (χ1) is 4.12. The van der Waals surface area contributed by atoms with E-state index in [0.717, 1.165) is 0 Å². The molecule has 2 nitrogen and oxygen atoms in total. The van der Waals surface area contributed by atoms with Crippen LogP contribution in [0.25, 0.3) is 0 Å². The largest absolute Gasteiger partial charge is 0.278 e. The molecule has 0 heterocycles. The molecule has 0 saturated carbocycles. The van der Waals surface area contributed by atoms with Crippen LogP contribution < -0.4 is 0 Å². The molecule has 0 bridgehead atoms. The molecule has 0 aromatic rings. The maximum atomic E-state index is 8.13. The number of nitriles is 2. The normalized spacial score (nSPS) is 9.78. The fourth-order valence-electron chi connectivity index (χ4n) is 0.294. The minimum Gasteiger partial charge on any atom is -0.199 e. The molecular formula is C4H4Cl2N2Si. The molecule has 0 spiro atoms. The Morgan fingerprint density at radius 3 is 1.67 bits per heavy atom. The summed E-state index contributed by atoms with van der Waals surface area (Å²) in [5, 5.41) is 16.3. The van der Waals surface area contributed by atoms with Gasteiger partial charge in [-0.3, -0.25) is 0 Å². The highest BCUT2D eigenvalue weighted by Gasteiger charge is 2.27. The topological polar surface area (TPSA) is 47.6 Å².